The molecular formula is C26H27NO11. The number of aliphatic carboxylic acids is 1. The number of hydrogen-bond acceptors (Lipinski definition) is 11. The SMILES string of the molecule is COc1cccc2c1C(=O)c1c(O)c3c(c(O)c1C2=O)C[C@](O)(C(=O)O)CC3O[C@@H]1C[C@H](N)[C@@H](O)C(C)O1. The number of phenols is 2. The maximum Gasteiger partial charge on any atom is 0.336 e. The van der Waals surface area contributed by atoms with Crippen LogP contribution in [0.3, 0.4) is 0 Å². The van der Waals surface area contributed by atoms with Crippen molar-refractivity contribution in [1.82, 2.24) is 0 Å². The van der Waals surface area contributed by atoms with Crippen LogP contribution in [0.5, 0.6) is 17.2 Å². The van der Waals surface area contributed by atoms with E-state index in [9.17, 15) is 39.9 Å². The van der Waals surface area contributed by atoms with Gasteiger partial charge in [0.15, 0.2) is 17.7 Å². The summed E-state index contributed by atoms with van der Waals surface area (Å²) in [6, 6.07) is 3.60. The van der Waals surface area contributed by atoms with E-state index in [0.717, 1.165) is 0 Å². The molecule has 0 amide bonds. The molecule has 6 atom stereocenters. The van der Waals surface area contributed by atoms with Crippen molar-refractivity contribution >= 4 is 17.5 Å². The van der Waals surface area contributed by atoms with Crippen LogP contribution < -0.4 is 10.5 Å². The molecule has 0 bridgehead atoms. The zero-order valence-electron chi connectivity index (χ0n) is 20.5. The van der Waals surface area contributed by atoms with Gasteiger partial charge in [-0.1, -0.05) is 12.1 Å². The highest BCUT2D eigenvalue weighted by Crippen LogP contribution is 2.52. The first-order valence-corrected chi connectivity index (χ1v) is 12.0. The highest BCUT2D eigenvalue weighted by atomic mass is 16.7. The molecule has 5 rings (SSSR count). The van der Waals surface area contributed by atoms with Crippen molar-refractivity contribution in [1.29, 1.82) is 0 Å². The first-order chi connectivity index (χ1) is 17.9. The number of aromatic hydroxyl groups is 2. The van der Waals surface area contributed by atoms with Gasteiger partial charge in [-0.05, 0) is 13.0 Å². The van der Waals surface area contributed by atoms with Gasteiger partial charge in [-0.3, -0.25) is 9.59 Å². The van der Waals surface area contributed by atoms with Gasteiger partial charge in [0.2, 0.25) is 5.78 Å². The maximum atomic E-state index is 13.6. The number of carboxylic acids is 1. The fraction of sp³-hybridized carbons (Fsp3) is 0.423. The number of fused-ring (bicyclic) bond motifs is 3. The Morgan fingerprint density at radius 1 is 1.13 bits per heavy atom. The minimum Gasteiger partial charge on any atom is -0.507 e. The molecule has 202 valence electrons. The smallest absolute Gasteiger partial charge is 0.336 e. The molecule has 12 nitrogen and oxygen atoms in total. The van der Waals surface area contributed by atoms with Crippen LogP contribution in [-0.4, -0.2) is 80.3 Å². The summed E-state index contributed by atoms with van der Waals surface area (Å²) in [6.07, 6.45) is -5.42. The van der Waals surface area contributed by atoms with E-state index in [2.05, 4.69) is 0 Å². The molecular weight excluding hydrogens is 502 g/mol. The van der Waals surface area contributed by atoms with Crippen LogP contribution in [0.1, 0.15) is 68.8 Å². The lowest BCUT2D eigenvalue weighted by atomic mass is 9.73. The third kappa shape index (κ3) is 3.76. The Hall–Kier alpha value is -3.55. The molecule has 7 N–H and O–H groups in total. The number of hydrogen-bond donors (Lipinski definition) is 6. The predicted octanol–water partition coefficient (Wildman–Crippen LogP) is 0.524. The number of carboxylic acid groups (broad SMARTS) is 1. The summed E-state index contributed by atoms with van der Waals surface area (Å²) >= 11 is 0. The Kier molecular flexibility index (Phi) is 6.20. The average molecular weight is 529 g/mol. The first kappa shape index (κ1) is 26.1. The van der Waals surface area contributed by atoms with Crippen LogP contribution in [0.25, 0.3) is 0 Å². The molecule has 1 saturated heterocycles. The number of phenolic OH excluding ortho intramolecular Hbond substituents is 2. The number of aliphatic hydroxyl groups excluding tert-OH is 1. The number of methoxy groups -OCH3 is 1. The lowest BCUT2D eigenvalue weighted by molar-refractivity contribution is -0.248. The van der Waals surface area contributed by atoms with E-state index in [1.54, 1.807) is 6.92 Å². The van der Waals surface area contributed by atoms with Gasteiger partial charge >= 0.3 is 5.97 Å². The van der Waals surface area contributed by atoms with E-state index in [1.165, 1.54) is 25.3 Å². The lowest BCUT2D eigenvalue weighted by Crippen LogP contribution is -2.52. The number of ether oxygens (including phenoxy) is 3. The predicted molar refractivity (Wildman–Crippen MR) is 127 cm³/mol. The second-order valence-electron chi connectivity index (χ2n) is 9.88. The summed E-state index contributed by atoms with van der Waals surface area (Å²) in [7, 11) is 1.32. The van der Waals surface area contributed by atoms with Gasteiger partial charge in [-0.2, -0.15) is 0 Å². The molecule has 12 heteroatoms. The van der Waals surface area contributed by atoms with E-state index < -0.39 is 89.2 Å². The van der Waals surface area contributed by atoms with Gasteiger partial charge in [0.1, 0.15) is 17.2 Å². The van der Waals surface area contributed by atoms with Crippen molar-refractivity contribution in [2.45, 2.75) is 62.4 Å². The van der Waals surface area contributed by atoms with Crippen molar-refractivity contribution in [3.8, 4) is 17.2 Å². The number of ketones is 2. The summed E-state index contributed by atoms with van der Waals surface area (Å²) < 4.78 is 16.9. The quantitative estimate of drug-likeness (QED) is 0.256. The Labute approximate surface area is 216 Å². The third-order valence-corrected chi connectivity index (χ3v) is 7.54. The summed E-state index contributed by atoms with van der Waals surface area (Å²) in [5.41, 5.74) is 1.98. The van der Waals surface area contributed by atoms with E-state index >= 15 is 0 Å². The molecule has 1 aliphatic heterocycles. The van der Waals surface area contributed by atoms with E-state index in [-0.39, 0.29) is 34.4 Å². The number of rotatable bonds is 4. The minimum atomic E-state index is -2.44. The standard InChI is InChI=1S/C26H27NO11/c1-9-20(28)12(27)6-15(37-9)38-14-8-26(35,25(33)34)7-11-17(14)24(32)19-18(22(11)30)21(29)10-4-3-5-13(36-2)16(10)23(19)31/h3-5,9,12,14-15,20,28,30,32,35H,6-8,27H2,1-2H3,(H,33,34)/t9?,12-,14?,15+,20-,26+/m0/s1. The molecule has 2 aliphatic carbocycles. The Morgan fingerprint density at radius 3 is 2.45 bits per heavy atom. The summed E-state index contributed by atoms with van der Waals surface area (Å²) in [6.45, 7) is 1.57. The molecule has 3 aliphatic rings. The number of aliphatic hydroxyl groups is 2. The van der Waals surface area contributed by atoms with Gasteiger partial charge in [-0.25, -0.2) is 4.79 Å². The summed E-state index contributed by atoms with van der Waals surface area (Å²) in [4.78, 5) is 39.1. The van der Waals surface area contributed by atoms with Gasteiger partial charge in [0.25, 0.3) is 0 Å². The van der Waals surface area contributed by atoms with Gasteiger partial charge in [0, 0.05) is 42.0 Å². The van der Waals surface area contributed by atoms with Crippen LogP contribution in [0.4, 0.5) is 0 Å². The minimum absolute atomic E-state index is 0.00250. The average Bonchev–Trinajstić information content (AvgIpc) is 2.87. The Morgan fingerprint density at radius 2 is 1.82 bits per heavy atom. The van der Waals surface area contributed by atoms with Crippen molar-refractivity contribution in [2.24, 2.45) is 5.73 Å². The van der Waals surface area contributed by atoms with Gasteiger partial charge in [0.05, 0.1) is 42.1 Å². The molecule has 0 radical (unpaired) electrons. The molecule has 0 saturated carbocycles. The van der Waals surface area contributed by atoms with Crippen LogP contribution in [0.2, 0.25) is 0 Å². The van der Waals surface area contributed by atoms with E-state index in [4.69, 9.17) is 19.9 Å². The fourth-order valence-corrected chi connectivity index (χ4v) is 5.55. The van der Waals surface area contributed by atoms with Crippen molar-refractivity contribution in [3.05, 3.63) is 51.6 Å². The number of carbonyl (C=O) groups excluding carboxylic acids is 2. The molecule has 1 fully saturated rings. The number of nitrogens with two attached hydrogens (primary N) is 1. The molecule has 2 aromatic carbocycles. The lowest BCUT2D eigenvalue weighted by Gasteiger charge is -2.41. The molecule has 2 aromatic rings. The zero-order valence-corrected chi connectivity index (χ0v) is 20.5. The van der Waals surface area contributed by atoms with Crippen molar-refractivity contribution in [3.63, 3.8) is 0 Å². The number of carbonyl (C=O) groups is 3. The maximum absolute atomic E-state index is 13.6. The Balaban J connectivity index is 1.68. The first-order valence-electron chi connectivity index (χ1n) is 12.0. The molecule has 0 spiro atoms. The van der Waals surface area contributed by atoms with Crippen LogP contribution >= 0.6 is 0 Å². The van der Waals surface area contributed by atoms with E-state index in [1.807, 2.05) is 0 Å². The largest absolute Gasteiger partial charge is 0.507 e. The van der Waals surface area contributed by atoms with Gasteiger partial charge in [-0.15, -0.1) is 0 Å². The highest BCUT2D eigenvalue weighted by molar-refractivity contribution is 6.31. The fourth-order valence-electron chi connectivity index (χ4n) is 5.55. The molecule has 2 unspecified atom stereocenters. The number of benzene rings is 2. The molecule has 38 heavy (non-hydrogen) atoms. The van der Waals surface area contributed by atoms with Crippen LogP contribution in [0.15, 0.2) is 18.2 Å². The van der Waals surface area contributed by atoms with Crippen LogP contribution in [-0.2, 0) is 20.7 Å². The monoisotopic (exact) mass is 529 g/mol. The van der Waals surface area contributed by atoms with Crippen molar-refractivity contribution < 1.29 is 54.1 Å². The topological polar surface area (TPSA) is 206 Å². The Bertz CT molecular complexity index is 1360. The third-order valence-electron chi connectivity index (χ3n) is 7.54. The van der Waals surface area contributed by atoms with Crippen LogP contribution in [0, 0.1) is 0 Å². The zero-order chi connectivity index (χ0) is 27.7. The normalized spacial score (nSPS) is 30.3. The molecule has 0 aromatic heterocycles. The van der Waals surface area contributed by atoms with Gasteiger partial charge < -0.3 is 45.5 Å². The highest BCUT2D eigenvalue weighted by Gasteiger charge is 2.50. The second kappa shape index (κ2) is 9.03. The summed E-state index contributed by atoms with van der Waals surface area (Å²) in [5.74, 6) is -4.52. The van der Waals surface area contributed by atoms with E-state index in [0.29, 0.717) is 0 Å². The molecule has 1 heterocycles. The van der Waals surface area contributed by atoms with Crippen molar-refractivity contribution in [2.75, 3.05) is 7.11 Å². The second-order valence-corrected chi connectivity index (χ2v) is 9.88. The summed E-state index contributed by atoms with van der Waals surface area (Å²) in [5, 5.41) is 53.5.